The van der Waals surface area contributed by atoms with E-state index >= 15 is 0 Å². The van der Waals surface area contributed by atoms with E-state index in [0.717, 1.165) is 18.8 Å². The first kappa shape index (κ1) is 14.1. The van der Waals surface area contributed by atoms with Gasteiger partial charge in [0, 0.05) is 13.1 Å². The Kier molecular flexibility index (Phi) is 4.41. The molecule has 1 saturated heterocycles. The molecule has 108 valence electrons. The normalized spacial score (nSPS) is 14.8. The molecule has 2 rings (SSSR count). The number of guanidine groups is 1. The molecule has 7 heteroatoms. The first-order valence-electron chi connectivity index (χ1n) is 6.26. The van der Waals surface area contributed by atoms with Crippen LogP contribution in [0.25, 0.3) is 0 Å². The number of ether oxygens (including phenoxy) is 2. The van der Waals surface area contributed by atoms with Gasteiger partial charge in [-0.1, -0.05) is 0 Å². The van der Waals surface area contributed by atoms with E-state index in [9.17, 15) is 4.79 Å². The van der Waals surface area contributed by atoms with Crippen LogP contribution in [-0.2, 0) is 9.47 Å². The summed E-state index contributed by atoms with van der Waals surface area (Å²) in [7, 11) is 1.33. The third-order valence-corrected chi connectivity index (χ3v) is 3.00. The molecule has 1 aromatic carbocycles. The fourth-order valence-corrected chi connectivity index (χ4v) is 2.07. The molecule has 1 aromatic rings. The molecule has 0 spiro atoms. The van der Waals surface area contributed by atoms with Gasteiger partial charge in [-0.05, 0) is 18.2 Å². The molecule has 0 atom stereocenters. The Balaban J connectivity index is 2.39. The van der Waals surface area contributed by atoms with Gasteiger partial charge >= 0.3 is 5.97 Å². The smallest absolute Gasteiger partial charge is 0.337 e. The lowest BCUT2D eigenvalue weighted by Gasteiger charge is -2.29. The highest BCUT2D eigenvalue weighted by Gasteiger charge is 2.17. The molecule has 1 aliphatic heterocycles. The van der Waals surface area contributed by atoms with Gasteiger partial charge in [-0.25, -0.2) is 9.79 Å². The number of benzene rings is 1. The number of nitrogens with two attached hydrogens (primary N) is 2. The van der Waals surface area contributed by atoms with Crippen molar-refractivity contribution in [1.29, 1.82) is 0 Å². The molecule has 0 radical (unpaired) electrons. The third kappa shape index (κ3) is 3.18. The lowest BCUT2D eigenvalue weighted by Crippen LogP contribution is -2.36. The second-order valence-electron chi connectivity index (χ2n) is 4.33. The number of esters is 1. The topological polar surface area (TPSA) is 103 Å². The summed E-state index contributed by atoms with van der Waals surface area (Å²) in [5.74, 6) is -0.480. The van der Waals surface area contributed by atoms with Crippen LogP contribution in [0.4, 0.5) is 11.4 Å². The second-order valence-corrected chi connectivity index (χ2v) is 4.33. The summed E-state index contributed by atoms with van der Waals surface area (Å²) in [5.41, 5.74) is 12.7. The molecule has 1 fully saturated rings. The Morgan fingerprint density at radius 3 is 2.65 bits per heavy atom. The summed E-state index contributed by atoms with van der Waals surface area (Å²) in [6, 6.07) is 5.14. The molecule has 1 aliphatic rings. The molecule has 1 heterocycles. The Morgan fingerprint density at radius 2 is 2.05 bits per heavy atom. The van der Waals surface area contributed by atoms with Crippen molar-refractivity contribution in [2.45, 2.75) is 0 Å². The number of methoxy groups -OCH3 is 1. The number of aliphatic imine (C=N–C) groups is 1. The first-order chi connectivity index (χ1) is 9.61. The maximum atomic E-state index is 11.6. The lowest BCUT2D eigenvalue weighted by molar-refractivity contribution is 0.0600. The van der Waals surface area contributed by atoms with Crippen molar-refractivity contribution in [1.82, 2.24) is 0 Å². The Hall–Kier alpha value is -2.28. The van der Waals surface area contributed by atoms with E-state index in [-0.39, 0.29) is 5.96 Å². The maximum Gasteiger partial charge on any atom is 0.337 e. The monoisotopic (exact) mass is 278 g/mol. The first-order valence-corrected chi connectivity index (χ1v) is 6.26. The Labute approximate surface area is 117 Å². The molecule has 7 nitrogen and oxygen atoms in total. The molecular formula is C13H18N4O3. The van der Waals surface area contributed by atoms with Gasteiger partial charge in [-0.15, -0.1) is 0 Å². The quantitative estimate of drug-likeness (QED) is 0.465. The van der Waals surface area contributed by atoms with Gasteiger partial charge in [0.1, 0.15) is 0 Å². The minimum Gasteiger partial charge on any atom is -0.465 e. The summed E-state index contributed by atoms with van der Waals surface area (Å²) >= 11 is 0. The van der Waals surface area contributed by atoms with Crippen molar-refractivity contribution in [3.8, 4) is 0 Å². The largest absolute Gasteiger partial charge is 0.465 e. The predicted molar refractivity (Wildman–Crippen MR) is 76.3 cm³/mol. The van der Waals surface area contributed by atoms with Gasteiger partial charge in [0.05, 0.1) is 37.3 Å². The molecule has 0 amide bonds. The number of morpholine rings is 1. The third-order valence-electron chi connectivity index (χ3n) is 3.00. The van der Waals surface area contributed by atoms with Crippen molar-refractivity contribution < 1.29 is 14.3 Å². The zero-order chi connectivity index (χ0) is 14.5. The maximum absolute atomic E-state index is 11.6. The summed E-state index contributed by atoms with van der Waals surface area (Å²) in [4.78, 5) is 17.8. The standard InChI is InChI=1S/C13H18N4O3/c1-19-12(18)9-2-3-11(10(8-9)16-13(14)15)17-4-6-20-7-5-17/h2-3,8H,4-7H2,1H3,(H4,14,15,16). The van der Waals surface area contributed by atoms with E-state index in [0.29, 0.717) is 24.5 Å². The Bertz CT molecular complexity index is 520. The summed E-state index contributed by atoms with van der Waals surface area (Å²) in [5, 5.41) is 0. The summed E-state index contributed by atoms with van der Waals surface area (Å²) in [6.07, 6.45) is 0. The molecule has 0 bridgehead atoms. The number of hydrogen-bond acceptors (Lipinski definition) is 5. The van der Waals surface area contributed by atoms with Crippen molar-refractivity contribution >= 4 is 23.3 Å². The van der Waals surface area contributed by atoms with Crippen molar-refractivity contribution in [3.05, 3.63) is 23.8 Å². The van der Waals surface area contributed by atoms with Crippen LogP contribution in [0.5, 0.6) is 0 Å². The van der Waals surface area contributed by atoms with Crippen LogP contribution in [0.3, 0.4) is 0 Å². The van der Waals surface area contributed by atoms with Gasteiger partial charge in [0.15, 0.2) is 5.96 Å². The number of rotatable bonds is 3. The molecule has 0 saturated carbocycles. The van der Waals surface area contributed by atoms with E-state index in [1.807, 2.05) is 6.07 Å². The molecule has 4 N–H and O–H groups in total. The molecule has 0 aliphatic carbocycles. The van der Waals surface area contributed by atoms with Crippen LogP contribution in [0.1, 0.15) is 10.4 Å². The minimum absolute atomic E-state index is 0.0541. The van der Waals surface area contributed by atoms with Crippen LogP contribution in [0, 0.1) is 0 Å². The Morgan fingerprint density at radius 1 is 1.35 bits per heavy atom. The number of carbonyl (C=O) groups excluding carboxylic acids is 1. The number of anilines is 1. The number of hydrogen-bond donors (Lipinski definition) is 2. The van der Waals surface area contributed by atoms with Crippen LogP contribution >= 0.6 is 0 Å². The average Bonchev–Trinajstić information content (AvgIpc) is 2.46. The highest BCUT2D eigenvalue weighted by molar-refractivity contribution is 5.93. The summed E-state index contributed by atoms with van der Waals surface area (Å²) in [6.45, 7) is 2.81. The van der Waals surface area contributed by atoms with Crippen molar-refractivity contribution in [2.75, 3.05) is 38.3 Å². The van der Waals surface area contributed by atoms with Crippen LogP contribution in [-0.4, -0.2) is 45.3 Å². The highest BCUT2D eigenvalue weighted by atomic mass is 16.5. The van der Waals surface area contributed by atoms with E-state index in [1.54, 1.807) is 12.1 Å². The van der Waals surface area contributed by atoms with Crippen molar-refractivity contribution in [3.63, 3.8) is 0 Å². The van der Waals surface area contributed by atoms with E-state index in [2.05, 4.69) is 9.89 Å². The number of carbonyl (C=O) groups is 1. The fraction of sp³-hybridized carbons (Fsp3) is 0.385. The van der Waals surface area contributed by atoms with E-state index in [1.165, 1.54) is 7.11 Å². The average molecular weight is 278 g/mol. The van der Waals surface area contributed by atoms with Crippen LogP contribution in [0.15, 0.2) is 23.2 Å². The van der Waals surface area contributed by atoms with E-state index in [4.69, 9.17) is 20.9 Å². The molecule has 0 aromatic heterocycles. The predicted octanol–water partition coefficient (Wildman–Crippen LogP) is 0.215. The van der Waals surface area contributed by atoms with Crippen molar-refractivity contribution in [2.24, 2.45) is 16.5 Å². The zero-order valence-corrected chi connectivity index (χ0v) is 11.3. The number of nitrogens with zero attached hydrogens (tertiary/aromatic N) is 2. The second kappa shape index (κ2) is 6.25. The van der Waals surface area contributed by atoms with Gasteiger partial charge in [-0.3, -0.25) is 0 Å². The summed E-state index contributed by atoms with van der Waals surface area (Å²) < 4.78 is 10.0. The molecular weight excluding hydrogens is 260 g/mol. The zero-order valence-electron chi connectivity index (χ0n) is 11.3. The SMILES string of the molecule is COC(=O)c1ccc(N2CCOCC2)c(N=C(N)N)c1. The lowest BCUT2D eigenvalue weighted by atomic mass is 10.1. The van der Waals surface area contributed by atoms with E-state index < -0.39 is 5.97 Å². The molecule has 20 heavy (non-hydrogen) atoms. The minimum atomic E-state index is -0.425. The fourth-order valence-electron chi connectivity index (χ4n) is 2.07. The highest BCUT2D eigenvalue weighted by Crippen LogP contribution is 2.30. The van der Waals surface area contributed by atoms with Gasteiger partial charge < -0.3 is 25.8 Å². The van der Waals surface area contributed by atoms with Gasteiger partial charge in [0.25, 0.3) is 0 Å². The van der Waals surface area contributed by atoms with Crippen LogP contribution < -0.4 is 16.4 Å². The van der Waals surface area contributed by atoms with Gasteiger partial charge in [0.2, 0.25) is 0 Å². The molecule has 0 unspecified atom stereocenters. The van der Waals surface area contributed by atoms with Gasteiger partial charge in [-0.2, -0.15) is 0 Å². The van der Waals surface area contributed by atoms with Crippen LogP contribution in [0.2, 0.25) is 0 Å².